The molecule has 0 radical (unpaired) electrons. The fourth-order valence-corrected chi connectivity index (χ4v) is 2.45. The van der Waals surface area contributed by atoms with Crippen LogP contribution in [0.15, 0.2) is 65.6 Å². The Morgan fingerprint density at radius 1 is 1.26 bits per heavy atom. The Bertz CT molecular complexity index is 1010. The standard InChI is InChI=1S/C19H14ClN3O4/c1-2-9-26-16-8-3-5-13(10-16)11-17(20)19-22-21-18(27-19)14-6-4-7-15(12-14)23(24)25/h2-8,10-12H,1,9H2/b17-11-. The van der Waals surface area contributed by atoms with Crippen LogP contribution in [-0.2, 0) is 0 Å². The molecule has 3 rings (SSSR count). The second kappa shape index (κ2) is 8.29. The van der Waals surface area contributed by atoms with E-state index in [2.05, 4.69) is 16.8 Å². The van der Waals surface area contributed by atoms with E-state index in [4.69, 9.17) is 20.8 Å². The molecule has 0 saturated heterocycles. The van der Waals surface area contributed by atoms with Gasteiger partial charge in [0, 0.05) is 17.7 Å². The second-order valence-corrected chi connectivity index (χ2v) is 5.79. The summed E-state index contributed by atoms with van der Waals surface area (Å²) in [6.07, 6.45) is 3.32. The highest BCUT2D eigenvalue weighted by atomic mass is 35.5. The summed E-state index contributed by atoms with van der Waals surface area (Å²) in [5, 5.41) is 18.9. The summed E-state index contributed by atoms with van der Waals surface area (Å²) in [6.45, 7) is 4.01. The molecular formula is C19H14ClN3O4. The minimum Gasteiger partial charge on any atom is -0.490 e. The molecule has 0 saturated carbocycles. The Kier molecular flexibility index (Phi) is 5.63. The van der Waals surface area contributed by atoms with Crippen LogP contribution in [0.4, 0.5) is 5.69 Å². The number of non-ortho nitro benzene ring substituents is 1. The molecule has 0 bridgehead atoms. The highest BCUT2D eigenvalue weighted by Crippen LogP contribution is 2.27. The van der Waals surface area contributed by atoms with Gasteiger partial charge in [-0.25, -0.2) is 0 Å². The summed E-state index contributed by atoms with van der Waals surface area (Å²) in [7, 11) is 0. The van der Waals surface area contributed by atoms with Crippen molar-refractivity contribution in [2.24, 2.45) is 0 Å². The van der Waals surface area contributed by atoms with Gasteiger partial charge >= 0.3 is 0 Å². The SMILES string of the molecule is C=CCOc1cccc(/C=C(\Cl)c2nnc(-c3cccc([N+](=O)[O-])c3)o2)c1. The summed E-state index contributed by atoms with van der Waals surface area (Å²) in [5.41, 5.74) is 1.16. The van der Waals surface area contributed by atoms with Crippen molar-refractivity contribution < 1.29 is 14.1 Å². The highest BCUT2D eigenvalue weighted by Gasteiger charge is 2.14. The normalized spacial score (nSPS) is 11.2. The van der Waals surface area contributed by atoms with Crippen molar-refractivity contribution in [3.05, 3.63) is 82.8 Å². The molecule has 0 unspecified atom stereocenters. The predicted molar refractivity (Wildman–Crippen MR) is 102 cm³/mol. The molecule has 0 aliphatic carbocycles. The predicted octanol–water partition coefficient (Wildman–Crippen LogP) is 4.95. The average Bonchev–Trinajstić information content (AvgIpc) is 3.17. The van der Waals surface area contributed by atoms with Crippen LogP contribution < -0.4 is 4.74 Å². The lowest BCUT2D eigenvalue weighted by molar-refractivity contribution is -0.384. The minimum absolute atomic E-state index is 0.0646. The fraction of sp³-hybridized carbons (Fsp3) is 0.0526. The Balaban J connectivity index is 1.83. The van der Waals surface area contributed by atoms with Gasteiger partial charge in [-0.15, -0.1) is 10.2 Å². The van der Waals surface area contributed by atoms with Crippen LogP contribution >= 0.6 is 11.6 Å². The van der Waals surface area contributed by atoms with E-state index in [-0.39, 0.29) is 22.5 Å². The third-order valence-electron chi connectivity index (χ3n) is 3.45. The lowest BCUT2D eigenvalue weighted by Crippen LogP contribution is -1.92. The molecule has 8 heteroatoms. The molecule has 3 aromatic rings. The number of benzene rings is 2. The van der Waals surface area contributed by atoms with Gasteiger partial charge in [0.1, 0.15) is 17.4 Å². The van der Waals surface area contributed by atoms with Gasteiger partial charge in [0.2, 0.25) is 5.89 Å². The van der Waals surface area contributed by atoms with Crippen LogP contribution in [0, 0.1) is 10.1 Å². The van der Waals surface area contributed by atoms with Crippen molar-refractivity contribution in [1.29, 1.82) is 0 Å². The number of rotatable bonds is 7. The van der Waals surface area contributed by atoms with Crippen LogP contribution in [0.25, 0.3) is 22.6 Å². The Hall–Kier alpha value is -3.45. The lowest BCUT2D eigenvalue weighted by Gasteiger charge is -2.03. The van der Waals surface area contributed by atoms with Crippen molar-refractivity contribution in [2.75, 3.05) is 6.61 Å². The van der Waals surface area contributed by atoms with Gasteiger partial charge in [0.25, 0.3) is 11.6 Å². The van der Waals surface area contributed by atoms with Crippen LogP contribution in [-0.4, -0.2) is 21.7 Å². The Morgan fingerprint density at radius 2 is 2.07 bits per heavy atom. The monoisotopic (exact) mass is 383 g/mol. The van der Waals surface area contributed by atoms with Crippen molar-refractivity contribution in [1.82, 2.24) is 10.2 Å². The molecule has 136 valence electrons. The van der Waals surface area contributed by atoms with Crippen molar-refractivity contribution in [3.8, 4) is 17.2 Å². The number of hydrogen-bond donors (Lipinski definition) is 0. The quantitative estimate of drug-likeness (QED) is 0.326. The molecule has 0 aliphatic rings. The van der Waals surface area contributed by atoms with Crippen LogP contribution in [0.1, 0.15) is 11.5 Å². The number of nitro groups is 1. The maximum absolute atomic E-state index is 10.9. The average molecular weight is 384 g/mol. The van der Waals surface area contributed by atoms with Gasteiger partial charge in [-0.1, -0.05) is 42.5 Å². The molecule has 0 spiro atoms. The molecule has 7 nitrogen and oxygen atoms in total. The third kappa shape index (κ3) is 4.59. The molecule has 1 heterocycles. The first-order chi connectivity index (χ1) is 13.1. The zero-order chi connectivity index (χ0) is 19.2. The van der Waals surface area contributed by atoms with Gasteiger partial charge in [-0.05, 0) is 29.8 Å². The van der Waals surface area contributed by atoms with Crippen LogP contribution in [0.3, 0.4) is 0 Å². The van der Waals surface area contributed by atoms with E-state index in [1.54, 1.807) is 24.3 Å². The molecular weight excluding hydrogens is 370 g/mol. The first-order valence-electron chi connectivity index (χ1n) is 7.86. The first-order valence-corrected chi connectivity index (χ1v) is 8.24. The summed E-state index contributed by atoms with van der Waals surface area (Å²) < 4.78 is 11.0. The van der Waals surface area contributed by atoms with Gasteiger partial charge < -0.3 is 9.15 Å². The van der Waals surface area contributed by atoms with Crippen LogP contribution in [0.5, 0.6) is 5.75 Å². The zero-order valence-corrected chi connectivity index (χ0v) is 14.8. The molecule has 2 aromatic carbocycles. The second-order valence-electron chi connectivity index (χ2n) is 5.38. The molecule has 1 aromatic heterocycles. The number of nitrogens with zero attached hydrogens (tertiary/aromatic N) is 3. The van der Waals surface area contributed by atoms with Crippen molar-refractivity contribution in [3.63, 3.8) is 0 Å². The van der Waals surface area contributed by atoms with E-state index in [1.807, 2.05) is 24.3 Å². The number of nitro benzene ring substituents is 1. The molecule has 0 aliphatic heterocycles. The minimum atomic E-state index is -0.491. The highest BCUT2D eigenvalue weighted by molar-refractivity contribution is 6.50. The van der Waals surface area contributed by atoms with E-state index in [0.717, 1.165) is 5.56 Å². The maximum atomic E-state index is 10.9. The Morgan fingerprint density at radius 3 is 2.85 bits per heavy atom. The van der Waals surface area contributed by atoms with E-state index in [0.29, 0.717) is 17.9 Å². The van der Waals surface area contributed by atoms with Crippen molar-refractivity contribution in [2.45, 2.75) is 0 Å². The zero-order valence-electron chi connectivity index (χ0n) is 14.0. The van der Waals surface area contributed by atoms with Crippen LogP contribution in [0.2, 0.25) is 0 Å². The number of halogens is 1. The number of ether oxygens (including phenoxy) is 1. The lowest BCUT2D eigenvalue weighted by atomic mass is 10.2. The topological polar surface area (TPSA) is 91.3 Å². The first kappa shape index (κ1) is 18.3. The van der Waals surface area contributed by atoms with Gasteiger partial charge in [-0.2, -0.15) is 0 Å². The molecule has 0 fully saturated rings. The fourth-order valence-electron chi connectivity index (χ4n) is 2.25. The molecule has 0 amide bonds. The van der Waals surface area contributed by atoms with E-state index in [1.165, 1.54) is 12.1 Å². The van der Waals surface area contributed by atoms with Crippen molar-refractivity contribution >= 4 is 28.4 Å². The summed E-state index contributed by atoms with van der Waals surface area (Å²) in [6, 6.07) is 13.2. The van der Waals surface area contributed by atoms with Gasteiger partial charge in [0.15, 0.2) is 0 Å². The van der Waals surface area contributed by atoms with Gasteiger partial charge in [-0.3, -0.25) is 10.1 Å². The van der Waals surface area contributed by atoms with E-state index < -0.39 is 4.92 Å². The summed E-state index contributed by atoms with van der Waals surface area (Å²) in [4.78, 5) is 10.4. The molecule has 0 N–H and O–H groups in total. The molecule has 27 heavy (non-hydrogen) atoms. The summed E-state index contributed by atoms with van der Waals surface area (Å²) >= 11 is 6.28. The number of hydrogen-bond acceptors (Lipinski definition) is 6. The largest absolute Gasteiger partial charge is 0.490 e. The third-order valence-corrected chi connectivity index (χ3v) is 3.72. The van der Waals surface area contributed by atoms with Gasteiger partial charge in [0.05, 0.1) is 4.92 Å². The maximum Gasteiger partial charge on any atom is 0.270 e. The van der Waals surface area contributed by atoms with E-state index >= 15 is 0 Å². The Labute approximate surface area is 159 Å². The number of aromatic nitrogens is 2. The summed E-state index contributed by atoms with van der Waals surface area (Å²) in [5.74, 6) is 0.926. The van der Waals surface area contributed by atoms with E-state index in [9.17, 15) is 10.1 Å². The molecule has 0 atom stereocenters. The smallest absolute Gasteiger partial charge is 0.270 e.